The molecule has 16 heavy (non-hydrogen) atoms. The van der Waals surface area contributed by atoms with E-state index in [0.29, 0.717) is 23.1 Å². The molecule has 3 unspecified atom stereocenters. The maximum atomic E-state index is 9.19. The fourth-order valence-corrected chi connectivity index (χ4v) is 3.27. The third-order valence-corrected chi connectivity index (χ3v) is 4.86. The summed E-state index contributed by atoms with van der Waals surface area (Å²) in [5, 5.41) is 0. The van der Waals surface area contributed by atoms with Crippen molar-refractivity contribution in [3.05, 3.63) is 0 Å². The van der Waals surface area contributed by atoms with E-state index >= 15 is 0 Å². The summed E-state index contributed by atoms with van der Waals surface area (Å²) >= 11 is 0. The van der Waals surface area contributed by atoms with Gasteiger partial charge in [-0.05, 0) is 36.0 Å². The molecule has 3 atom stereocenters. The van der Waals surface area contributed by atoms with Gasteiger partial charge in [0.05, 0.1) is 6.26 Å². The van der Waals surface area contributed by atoms with Gasteiger partial charge in [-0.2, -0.15) is 8.42 Å². The van der Waals surface area contributed by atoms with E-state index in [2.05, 4.69) is 20.8 Å². The van der Waals surface area contributed by atoms with Gasteiger partial charge < -0.3 is 5.73 Å². The zero-order chi connectivity index (χ0) is 12.8. The van der Waals surface area contributed by atoms with E-state index in [1.807, 2.05) is 0 Å². The van der Waals surface area contributed by atoms with Crippen LogP contribution in [0.4, 0.5) is 0 Å². The van der Waals surface area contributed by atoms with Crippen molar-refractivity contribution in [3.63, 3.8) is 0 Å². The molecule has 96 valence electrons. The average Bonchev–Trinajstić information content (AvgIpc) is 2.33. The van der Waals surface area contributed by atoms with Crippen molar-refractivity contribution in [1.29, 1.82) is 0 Å². The second kappa shape index (κ2) is 3.96. The molecule has 0 aliphatic heterocycles. The maximum absolute atomic E-state index is 9.19. The summed E-state index contributed by atoms with van der Waals surface area (Å²) in [5.41, 5.74) is 7.08. The standard InChI is InChI=1S/C10H19N.CH4O3S/c1-9(2)7-4-5-10(9,3)8(11)6-7;1-5(2,3)4/h7-8H,4-6,11H2,1-3H3;1H3,(H,2,3,4). The molecule has 2 rings (SSSR count). The molecule has 0 heterocycles. The Balaban J connectivity index is 0.000000221. The van der Waals surface area contributed by atoms with Crippen molar-refractivity contribution in [2.75, 3.05) is 6.26 Å². The van der Waals surface area contributed by atoms with Gasteiger partial charge in [-0.25, -0.2) is 0 Å². The summed E-state index contributed by atoms with van der Waals surface area (Å²) in [7, 11) is -3.67. The lowest BCUT2D eigenvalue weighted by Gasteiger charge is -2.37. The molecule has 0 aromatic rings. The Labute approximate surface area is 98.4 Å². The van der Waals surface area contributed by atoms with Crippen LogP contribution in [0.15, 0.2) is 0 Å². The van der Waals surface area contributed by atoms with Crippen LogP contribution in [0.25, 0.3) is 0 Å². The van der Waals surface area contributed by atoms with Crippen molar-refractivity contribution in [3.8, 4) is 0 Å². The zero-order valence-electron chi connectivity index (χ0n) is 10.5. The number of nitrogens with two attached hydrogens (primary N) is 1. The van der Waals surface area contributed by atoms with Crippen LogP contribution in [0.2, 0.25) is 0 Å². The van der Waals surface area contributed by atoms with Crippen LogP contribution in [0.5, 0.6) is 0 Å². The van der Waals surface area contributed by atoms with Crippen molar-refractivity contribution in [2.45, 2.75) is 46.1 Å². The molecule has 4 nitrogen and oxygen atoms in total. The lowest BCUT2D eigenvalue weighted by Crippen LogP contribution is -2.40. The van der Waals surface area contributed by atoms with Gasteiger partial charge in [0.15, 0.2) is 0 Å². The SMILES string of the molecule is CC1(C)C2CCC1(C)C(N)C2.CS(=O)(=O)O. The molecule has 0 amide bonds. The molecule has 5 heteroatoms. The fraction of sp³-hybridized carbons (Fsp3) is 1.00. The van der Waals surface area contributed by atoms with E-state index < -0.39 is 10.1 Å². The highest BCUT2D eigenvalue weighted by atomic mass is 32.2. The minimum Gasteiger partial charge on any atom is -0.327 e. The molecule has 2 aliphatic carbocycles. The van der Waals surface area contributed by atoms with Crippen molar-refractivity contribution < 1.29 is 13.0 Å². The quantitative estimate of drug-likeness (QED) is 0.640. The Kier molecular flexibility index (Phi) is 3.45. The Bertz CT molecular complexity index is 355. The molecule has 2 saturated carbocycles. The Morgan fingerprint density at radius 1 is 1.31 bits per heavy atom. The second-order valence-electron chi connectivity index (χ2n) is 5.95. The van der Waals surface area contributed by atoms with E-state index in [9.17, 15) is 8.42 Å². The van der Waals surface area contributed by atoms with Gasteiger partial charge in [-0.3, -0.25) is 4.55 Å². The topological polar surface area (TPSA) is 80.4 Å². The number of hydrogen-bond donors (Lipinski definition) is 2. The lowest BCUT2D eigenvalue weighted by molar-refractivity contribution is 0.136. The zero-order valence-corrected chi connectivity index (χ0v) is 11.3. The Morgan fingerprint density at radius 2 is 1.75 bits per heavy atom. The average molecular weight is 249 g/mol. The Morgan fingerprint density at radius 3 is 1.88 bits per heavy atom. The number of rotatable bonds is 0. The van der Waals surface area contributed by atoms with Crippen LogP contribution in [0.3, 0.4) is 0 Å². The summed E-state index contributed by atoms with van der Waals surface area (Å²) in [6.45, 7) is 7.18. The molecule has 0 aromatic heterocycles. The fourth-order valence-electron chi connectivity index (χ4n) is 3.27. The van der Waals surface area contributed by atoms with Crippen LogP contribution in [-0.4, -0.2) is 25.3 Å². The summed E-state index contributed by atoms with van der Waals surface area (Å²) < 4.78 is 25.9. The van der Waals surface area contributed by atoms with Gasteiger partial charge >= 0.3 is 0 Å². The molecule has 3 N–H and O–H groups in total. The van der Waals surface area contributed by atoms with Crippen molar-refractivity contribution >= 4 is 10.1 Å². The molecule has 0 saturated heterocycles. The van der Waals surface area contributed by atoms with Crippen molar-refractivity contribution in [1.82, 2.24) is 0 Å². The highest BCUT2D eigenvalue weighted by molar-refractivity contribution is 7.85. The minimum absolute atomic E-state index is 0.442. The predicted octanol–water partition coefficient (Wildman–Crippen LogP) is 1.66. The van der Waals surface area contributed by atoms with E-state index in [0.717, 1.165) is 5.92 Å². The molecule has 2 bridgehead atoms. The first-order valence-corrected chi connectivity index (χ1v) is 7.51. The van der Waals surface area contributed by atoms with Gasteiger partial charge in [-0.15, -0.1) is 0 Å². The summed E-state index contributed by atoms with van der Waals surface area (Å²) in [5.74, 6) is 0.905. The molecular formula is C11H23NO3S. The van der Waals surface area contributed by atoms with Gasteiger partial charge in [-0.1, -0.05) is 20.8 Å². The summed E-state index contributed by atoms with van der Waals surface area (Å²) in [6.07, 6.45) is 4.75. The number of fused-ring (bicyclic) bond motifs is 2. The largest absolute Gasteiger partial charge is 0.327 e. The van der Waals surface area contributed by atoms with Gasteiger partial charge in [0.2, 0.25) is 0 Å². The van der Waals surface area contributed by atoms with E-state index in [1.165, 1.54) is 19.3 Å². The summed E-state index contributed by atoms with van der Waals surface area (Å²) in [4.78, 5) is 0. The molecule has 2 aliphatic rings. The van der Waals surface area contributed by atoms with E-state index in [4.69, 9.17) is 10.3 Å². The minimum atomic E-state index is -3.67. The van der Waals surface area contributed by atoms with Crippen LogP contribution < -0.4 is 5.73 Å². The predicted molar refractivity (Wildman–Crippen MR) is 64.7 cm³/mol. The maximum Gasteiger partial charge on any atom is 0.261 e. The molecular weight excluding hydrogens is 226 g/mol. The smallest absolute Gasteiger partial charge is 0.261 e. The summed E-state index contributed by atoms with van der Waals surface area (Å²) in [6, 6.07) is 0.469. The van der Waals surface area contributed by atoms with E-state index in [1.54, 1.807) is 0 Å². The van der Waals surface area contributed by atoms with Crippen LogP contribution >= 0.6 is 0 Å². The lowest BCUT2D eigenvalue weighted by atomic mass is 9.69. The van der Waals surface area contributed by atoms with E-state index in [-0.39, 0.29) is 0 Å². The monoisotopic (exact) mass is 249 g/mol. The highest BCUT2D eigenvalue weighted by Crippen LogP contribution is 2.64. The van der Waals surface area contributed by atoms with Crippen LogP contribution in [0.1, 0.15) is 40.0 Å². The molecule has 0 radical (unpaired) electrons. The highest BCUT2D eigenvalue weighted by Gasteiger charge is 2.59. The first-order chi connectivity index (χ1) is 6.98. The van der Waals surface area contributed by atoms with Crippen LogP contribution in [-0.2, 0) is 10.1 Å². The third-order valence-electron chi connectivity index (χ3n) is 4.86. The first kappa shape index (κ1) is 13.9. The Hall–Kier alpha value is -0.130. The number of hydrogen-bond acceptors (Lipinski definition) is 3. The first-order valence-electron chi connectivity index (χ1n) is 5.66. The van der Waals surface area contributed by atoms with Gasteiger partial charge in [0.1, 0.15) is 0 Å². The van der Waals surface area contributed by atoms with Gasteiger partial charge in [0.25, 0.3) is 10.1 Å². The third kappa shape index (κ3) is 2.41. The van der Waals surface area contributed by atoms with Gasteiger partial charge in [0, 0.05) is 6.04 Å². The van der Waals surface area contributed by atoms with Crippen LogP contribution in [0, 0.1) is 16.7 Å². The molecule has 0 aromatic carbocycles. The second-order valence-corrected chi connectivity index (χ2v) is 7.42. The normalized spacial score (nSPS) is 40.4. The van der Waals surface area contributed by atoms with Crippen molar-refractivity contribution in [2.24, 2.45) is 22.5 Å². The molecule has 0 spiro atoms. The molecule has 2 fully saturated rings.